The number of hydrogen-bond donors (Lipinski definition) is 0. The van der Waals surface area contributed by atoms with E-state index >= 15 is 0 Å². The van der Waals surface area contributed by atoms with Gasteiger partial charge in [-0.25, -0.2) is 0 Å². The van der Waals surface area contributed by atoms with Gasteiger partial charge in [0.25, 0.3) is 0 Å². The van der Waals surface area contributed by atoms with E-state index in [4.69, 9.17) is 9.98 Å². The molecule has 0 aliphatic rings. The van der Waals surface area contributed by atoms with Gasteiger partial charge in [0, 0.05) is 53.2 Å². The first-order chi connectivity index (χ1) is 19.2. The largest absolute Gasteiger partial charge is 0.255 e. The first-order valence-electron chi connectivity index (χ1n) is 14.4. The normalized spacial score (nSPS) is 10.6. The summed E-state index contributed by atoms with van der Waals surface area (Å²) in [6.45, 7) is 18.0. The van der Waals surface area contributed by atoms with Gasteiger partial charge in [0.05, 0.1) is 35.2 Å². The van der Waals surface area contributed by atoms with Crippen molar-refractivity contribution < 1.29 is 40.8 Å². The van der Waals surface area contributed by atoms with Gasteiger partial charge in [-0.05, 0) is 106 Å². The Bertz CT molecular complexity index is 1340. The fraction of sp³-hybridized carbons (Fsp3) is 0.333. The van der Waals surface area contributed by atoms with Crippen LogP contribution in [0.2, 0.25) is 0 Å². The van der Waals surface area contributed by atoms with Crippen molar-refractivity contribution in [2.75, 3.05) is 0 Å². The van der Waals surface area contributed by atoms with E-state index in [1.54, 1.807) is 12.4 Å². The van der Waals surface area contributed by atoms with Crippen LogP contribution in [0.25, 0.3) is 11.1 Å². The summed E-state index contributed by atoms with van der Waals surface area (Å²) in [5, 5.41) is 0. The second-order valence-corrected chi connectivity index (χ2v) is 11.7. The Hall–Kier alpha value is -0.675. The predicted molar refractivity (Wildman–Crippen MR) is 213 cm³/mol. The van der Waals surface area contributed by atoms with Crippen molar-refractivity contribution in [3.05, 3.63) is 107 Å². The van der Waals surface area contributed by atoms with Gasteiger partial charge < -0.3 is 0 Å². The first-order valence-corrected chi connectivity index (χ1v) is 14.4. The number of aliphatic imine (C=N–C) groups is 2. The number of pyridine rings is 2. The van der Waals surface area contributed by atoms with E-state index < -0.39 is 0 Å². The molecule has 46 heavy (non-hydrogen) atoms. The average Bonchev–Trinajstić information content (AvgIpc) is 2.95. The summed E-state index contributed by atoms with van der Waals surface area (Å²) >= 11 is 0. The number of rotatable bonds is 9. The van der Waals surface area contributed by atoms with E-state index in [1.165, 1.54) is 33.4 Å². The zero-order valence-electron chi connectivity index (χ0n) is 27.4. The maximum absolute atomic E-state index is 5.00. The summed E-state index contributed by atoms with van der Waals surface area (Å²) in [7, 11) is 0. The Labute approximate surface area is 346 Å². The van der Waals surface area contributed by atoms with Gasteiger partial charge in [0.2, 0.25) is 0 Å². The molecule has 0 radical (unpaired) electrons. The molecule has 0 atom stereocenters. The third-order valence-electron chi connectivity index (χ3n) is 7.19. The van der Waals surface area contributed by atoms with Crippen LogP contribution in [0.5, 0.6) is 0 Å². The van der Waals surface area contributed by atoms with Gasteiger partial charge in [-0.1, -0.05) is 67.5 Å². The fourth-order valence-electron chi connectivity index (χ4n) is 4.92. The molecule has 0 aliphatic heterocycles. The smallest absolute Gasteiger partial charge is 0.0812 e. The second-order valence-electron chi connectivity index (χ2n) is 11.7. The van der Waals surface area contributed by atoms with Crippen molar-refractivity contribution in [2.45, 2.75) is 79.1 Å². The SMILES string of the molecule is Br.Br.Br.Br.CC(C)c1cc(-c2cc(C(C)C)c(N=Cc3ccccn3)c(C(C)C)c2)cc(C(C)C)c1N=Cc1ccccn1.[Pd].[Pd]. The van der Waals surface area contributed by atoms with E-state index in [0.717, 1.165) is 22.8 Å². The Morgan fingerprint density at radius 1 is 0.478 bits per heavy atom. The fourth-order valence-corrected chi connectivity index (χ4v) is 4.92. The Morgan fingerprint density at radius 3 is 0.978 bits per heavy atom. The Balaban J connectivity index is -0.00000308. The molecule has 258 valence electrons. The monoisotopic (exact) mass is 1060 g/mol. The van der Waals surface area contributed by atoms with Crippen molar-refractivity contribution in [1.29, 1.82) is 0 Å². The quantitative estimate of drug-likeness (QED) is 0.124. The zero-order chi connectivity index (χ0) is 28.8. The summed E-state index contributed by atoms with van der Waals surface area (Å²) in [5.74, 6) is 1.30. The molecule has 2 aromatic carbocycles. The van der Waals surface area contributed by atoms with Crippen LogP contribution in [-0.4, -0.2) is 22.4 Å². The molecule has 0 unspecified atom stereocenters. The third-order valence-corrected chi connectivity index (χ3v) is 7.19. The van der Waals surface area contributed by atoms with Gasteiger partial charge in [-0.3, -0.25) is 20.0 Å². The molecular formula is C36H46Br4N4Pd2. The molecular weight excluding hydrogens is 1020 g/mol. The molecule has 4 rings (SSSR count). The maximum atomic E-state index is 5.00. The topological polar surface area (TPSA) is 50.5 Å². The van der Waals surface area contributed by atoms with Crippen LogP contribution in [0, 0.1) is 0 Å². The molecule has 0 spiro atoms. The summed E-state index contributed by atoms with van der Waals surface area (Å²) in [6.07, 6.45) is 7.38. The number of aromatic nitrogens is 2. The number of halogens is 4. The summed E-state index contributed by atoms with van der Waals surface area (Å²) in [5.41, 5.74) is 11.3. The molecule has 2 aromatic heterocycles. The molecule has 4 nitrogen and oxygen atoms in total. The standard InChI is InChI=1S/C36H42N4.4BrH.2Pd/c1-23(2)31-17-27(18-32(24(3)4)35(31)39-21-29-13-9-11-15-37-29)28-19-33(25(5)6)36(34(20-28)26(7)8)40-22-30-14-10-12-16-38-30;;;;;;/h9-26H,1-8H3;4*1H;;. The van der Waals surface area contributed by atoms with Crippen LogP contribution in [0.4, 0.5) is 11.4 Å². The van der Waals surface area contributed by atoms with Gasteiger partial charge in [-0.15, -0.1) is 67.9 Å². The minimum Gasteiger partial charge on any atom is -0.255 e. The molecule has 0 fully saturated rings. The van der Waals surface area contributed by atoms with Gasteiger partial charge in [-0.2, -0.15) is 0 Å². The molecule has 0 aliphatic carbocycles. The number of nitrogens with zero attached hydrogens (tertiary/aromatic N) is 4. The van der Waals surface area contributed by atoms with Crippen molar-refractivity contribution in [3.63, 3.8) is 0 Å². The molecule has 4 aromatic rings. The second kappa shape index (κ2) is 23.6. The number of benzene rings is 2. The Morgan fingerprint density at radius 2 is 0.761 bits per heavy atom. The van der Waals surface area contributed by atoms with E-state index in [9.17, 15) is 0 Å². The predicted octanol–water partition coefficient (Wildman–Crippen LogP) is 12.4. The summed E-state index contributed by atoms with van der Waals surface area (Å²) in [6, 6.07) is 21.2. The first kappa shape index (κ1) is 49.7. The van der Waals surface area contributed by atoms with Crippen LogP contribution >= 0.6 is 67.9 Å². The minimum atomic E-state index is 0. The van der Waals surface area contributed by atoms with Crippen LogP contribution in [0.3, 0.4) is 0 Å². The molecule has 0 amide bonds. The van der Waals surface area contributed by atoms with Crippen molar-refractivity contribution in [1.82, 2.24) is 9.97 Å². The molecule has 0 N–H and O–H groups in total. The molecule has 10 heteroatoms. The van der Waals surface area contributed by atoms with Gasteiger partial charge in [0.1, 0.15) is 0 Å². The molecule has 2 heterocycles. The molecule has 0 saturated heterocycles. The third kappa shape index (κ3) is 13.0. The van der Waals surface area contributed by atoms with Gasteiger partial charge >= 0.3 is 0 Å². The molecule has 0 bridgehead atoms. The van der Waals surface area contributed by atoms with Crippen molar-refractivity contribution in [3.8, 4) is 11.1 Å². The van der Waals surface area contributed by atoms with Crippen LogP contribution in [-0.2, 0) is 40.8 Å². The van der Waals surface area contributed by atoms with Crippen molar-refractivity contribution >= 4 is 91.7 Å². The maximum Gasteiger partial charge on any atom is 0.0812 e. The van der Waals surface area contributed by atoms with Gasteiger partial charge in [0.15, 0.2) is 0 Å². The minimum absolute atomic E-state index is 0. The Kier molecular flexibility index (Phi) is 25.5. The van der Waals surface area contributed by atoms with E-state index in [1.807, 2.05) is 48.8 Å². The van der Waals surface area contributed by atoms with E-state index in [2.05, 4.69) is 89.6 Å². The molecule has 0 saturated carbocycles. The summed E-state index contributed by atoms with van der Waals surface area (Å²) < 4.78 is 0. The summed E-state index contributed by atoms with van der Waals surface area (Å²) in [4.78, 5) is 18.9. The van der Waals surface area contributed by atoms with E-state index in [0.29, 0.717) is 23.7 Å². The van der Waals surface area contributed by atoms with Crippen molar-refractivity contribution in [2.24, 2.45) is 9.98 Å². The van der Waals surface area contributed by atoms with Crippen LogP contribution in [0.15, 0.2) is 83.0 Å². The van der Waals surface area contributed by atoms with E-state index in [-0.39, 0.29) is 109 Å². The van der Waals surface area contributed by atoms with Crippen LogP contribution in [0.1, 0.15) is 113 Å². The average molecular weight is 1070 g/mol. The van der Waals surface area contributed by atoms with Crippen LogP contribution < -0.4 is 0 Å². The number of hydrogen-bond acceptors (Lipinski definition) is 4. The zero-order valence-corrected chi connectivity index (χ0v) is 37.4.